The first-order valence-electron chi connectivity index (χ1n) is 8.98. The Morgan fingerprint density at radius 2 is 1.72 bits per heavy atom. The van der Waals surface area contributed by atoms with Crippen LogP contribution in [0.1, 0.15) is 5.56 Å². The van der Waals surface area contributed by atoms with Gasteiger partial charge in [-0.05, 0) is 23.6 Å². The van der Waals surface area contributed by atoms with E-state index in [1.54, 1.807) is 36.4 Å². The van der Waals surface area contributed by atoms with E-state index in [0.717, 1.165) is 15.3 Å². The fourth-order valence-corrected chi connectivity index (χ4v) is 5.27. The van der Waals surface area contributed by atoms with E-state index in [1.807, 2.05) is 18.2 Å². The standard InChI is InChI=1S/C21H20N2O5S/c1-27-17-10-4-8-15(21(17)28-2)12-22-19(24)13-23-16-9-3-6-14-7-5-11-18(20(14)16)29(23,25)26/h3-11H,12-13H2,1-2H3,(H,22,24). The summed E-state index contributed by atoms with van der Waals surface area (Å²) in [6, 6.07) is 15.9. The summed E-state index contributed by atoms with van der Waals surface area (Å²) < 4.78 is 37.7. The number of nitrogens with zero attached hydrogens (tertiary/aromatic N) is 1. The molecule has 3 aromatic carbocycles. The zero-order valence-corrected chi connectivity index (χ0v) is 16.8. The molecule has 0 fully saturated rings. The lowest BCUT2D eigenvalue weighted by atomic mass is 10.1. The van der Waals surface area contributed by atoms with Gasteiger partial charge in [0.1, 0.15) is 6.54 Å². The summed E-state index contributed by atoms with van der Waals surface area (Å²) in [6.45, 7) is -0.118. The van der Waals surface area contributed by atoms with Gasteiger partial charge in [0.2, 0.25) is 5.91 Å². The zero-order valence-electron chi connectivity index (χ0n) is 16.0. The van der Waals surface area contributed by atoms with E-state index in [-0.39, 0.29) is 18.0 Å². The maximum atomic E-state index is 13.0. The number of benzene rings is 3. The molecule has 4 rings (SSSR count). The summed E-state index contributed by atoms with van der Waals surface area (Å²) in [4.78, 5) is 12.8. The van der Waals surface area contributed by atoms with Crippen molar-refractivity contribution >= 4 is 32.4 Å². The molecule has 1 amide bonds. The van der Waals surface area contributed by atoms with Gasteiger partial charge >= 0.3 is 0 Å². The number of carbonyl (C=O) groups excluding carboxylic acids is 1. The fourth-order valence-electron chi connectivity index (χ4n) is 3.60. The highest BCUT2D eigenvalue weighted by molar-refractivity contribution is 7.93. The number of rotatable bonds is 6. The van der Waals surface area contributed by atoms with E-state index < -0.39 is 15.9 Å². The first-order chi connectivity index (χ1) is 14.0. The van der Waals surface area contributed by atoms with Crippen LogP contribution in [0.3, 0.4) is 0 Å². The molecule has 150 valence electrons. The molecule has 29 heavy (non-hydrogen) atoms. The Bertz CT molecular complexity index is 1200. The van der Waals surface area contributed by atoms with Crippen molar-refractivity contribution in [2.45, 2.75) is 11.4 Å². The van der Waals surface area contributed by atoms with Crippen molar-refractivity contribution in [3.63, 3.8) is 0 Å². The molecule has 7 nitrogen and oxygen atoms in total. The Balaban J connectivity index is 1.55. The molecule has 1 aliphatic rings. The normalized spacial score (nSPS) is 14.1. The van der Waals surface area contributed by atoms with Gasteiger partial charge in [-0.1, -0.05) is 36.4 Å². The van der Waals surface area contributed by atoms with Gasteiger partial charge in [0.15, 0.2) is 11.5 Å². The maximum absolute atomic E-state index is 13.0. The lowest BCUT2D eigenvalue weighted by Gasteiger charge is -2.19. The van der Waals surface area contributed by atoms with Gasteiger partial charge in [-0.25, -0.2) is 8.42 Å². The number of ether oxygens (including phenoxy) is 2. The molecule has 0 saturated heterocycles. The van der Waals surface area contributed by atoms with Crippen LogP contribution in [0, 0.1) is 0 Å². The minimum absolute atomic E-state index is 0.185. The molecule has 1 heterocycles. The lowest BCUT2D eigenvalue weighted by molar-refractivity contribution is -0.119. The topological polar surface area (TPSA) is 84.9 Å². The van der Waals surface area contributed by atoms with Crippen molar-refractivity contribution in [2.24, 2.45) is 0 Å². The van der Waals surface area contributed by atoms with Crippen LogP contribution in [-0.4, -0.2) is 35.1 Å². The van der Waals surface area contributed by atoms with Crippen molar-refractivity contribution in [2.75, 3.05) is 25.1 Å². The van der Waals surface area contributed by atoms with E-state index in [0.29, 0.717) is 22.6 Å². The third kappa shape index (κ3) is 3.15. The van der Waals surface area contributed by atoms with Gasteiger partial charge in [-0.2, -0.15) is 0 Å². The first-order valence-corrected chi connectivity index (χ1v) is 10.4. The molecule has 3 aromatic rings. The van der Waals surface area contributed by atoms with Crippen LogP contribution in [-0.2, 0) is 21.4 Å². The molecule has 0 aliphatic carbocycles. The molecule has 0 radical (unpaired) electrons. The second-order valence-corrected chi connectivity index (χ2v) is 8.40. The van der Waals surface area contributed by atoms with Crippen molar-refractivity contribution in [3.05, 3.63) is 60.2 Å². The third-order valence-electron chi connectivity index (χ3n) is 4.93. The van der Waals surface area contributed by atoms with Crippen LogP contribution in [0.25, 0.3) is 10.8 Å². The van der Waals surface area contributed by atoms with E-state index in [4.69, 9.17) is 9.47 Å². The molecular formula is C21H20N2O5S. The zero-order chi connectivity index (χ0) is 20.6. The average Bonchev–Trinajstić information content (AvgIpc) is 2.95. The molecule has 0 unspecified atom stereocenters. The van der Waals surface area contributed by atoms with Crippen LogP contribution in [0.15, 0.2) is 59.5 Å². The number of para-hydroxylation sites is 1. The van der Waals surface area contributed by atoms with Crippen molar-refractivity contribution in [3.8, 4) is 11.5 Å². The molecule has 1 aliphatic heterocycles. The minimum Gasteiger partial charge on any atom is -0.493 e. The van der Waals surface area contributed by atoms with Gasteiger partial charge in [-0.15, -0.1) is 0 Å². The summed E-state index contributed by atoms with van der Waals surface area (Å²) in [6.07, 6.45) is 0. The third-order valence-corrected chi connectivity index (χ3v) is 6.73. The monoisotopic (exact) mass is 412 g/mol. The van der Waals surface area contributed by atoms with Gasteiger partial charge in [0.05, 0.1) is 24.8 Å². The van der Waals surface area contributed by atoms with Crippen LogP contribution >= 0.6 is 0 Å². The number of methoxy groups -OCH3 is 2. The Kier molecular flexibility index (Phi) is 4.79. The molecule has 0 aromatic heterocycles. The highest BCUT2D eigenvalue weighted by atomic mass is 32.2. The summed E-state index contributed by atoms with van der Waals surface area (Å²) in [7, 11) is -0.708. The van der Waals surface area contributed by atoms with E-state index >= 15 is 0 Å². The van der Waals surface area contributed by atoms with Gasteiger partial charge in [0.25, 0.3) is 10.0 Å². The predicted molar refractivity (Wildman–Crippen MR) is 110 cm³/mol. The van der Waals surface area contributed by atoms with Crippen LogP contribution in [0.4, 0.5) is 5.69 Å². The summed E-state index contributed by atoms with van der Waals surface area (Å²) in [5.74, 6) is 0.674. The number of amides is 1. The predicted octanol–water partition coefficient (Wildman–Crippen LogP) is 2.68. The maximum Gasteiger partial charge on any atom is 0.265 e. The largest absolute Gasteiger partial charge is 0.493 e. The Morgan fingerprint density at radius 1 is 1.00 bits per heavy atom. The van der Waals surface area contributed by atoms with Crippen molar-refractivity contribution in [1.29, 1.82) is 0 Å². The molecular weight excluding hydrogens is 392 g/mol. The Labute approximate surface area is 168 Å². The highest BCUT2D eigenvalue weighted by Crippen LogP contribution is 2.41. The highest BCUT2D eigenvalue weighted by Gasteiger charge is 2.36. The smallest absolute Gasteiger partial charge is 0.265 e. The quantitative estimate of drug-likeness (QED) is 0.673. The van der Waals surface area contributed by atoms with E-state index in [1.165, 1.54) is 14.2 Å². The van der Waals surface area contributed by atoms with E-state index in [2.05, 4.69) is 5.32 Å². The van der Waals surface area contributed by atoms with Gasteiger partial charge in [-0.3, -0.25) is 9.10 Å². The molecule has 1 N–H and O–H groups in total. The fraction of sp³-hybridized carbons (Fsp3) is 0.190. The number of anilines is 1. The Morgan fingerprint density at radius 3 is 2.45 bits per heavy atom. The Hall–Kier alpha value is -3.26. The van der Waals surface area contributed by atoms with Crippen LogP contribution < -0.4 is 19.1 Å². The summed E-state index contributed by atoms with van der Waals surface area (Å²) in [5, 5.41) is 4.24. The second kappa shape index (κ2) is 7.29. The molecule has 0 saturated carbocycles. The molecule has 0 spiro atoms. The van der Waals surface area contributed by atoms with Crippen molar-refractivity contribution < 1.29 is 22.7 Å². The average molecular weight is 412 g/mol. The minimum atomic E-state index is -3.77. The van der Waals surface area contributed by atoms with Gasteiger partial charge < -0.3 is 14.8 Å². The number of sulfonamides is 1. The molecule has 0 bridgehead atoms. The van der Waals surface area contributed by atoms with Crippen molar-refractivity contribution in [1.82, 2.24) is 5.32 Å². The number of hydrogen-bond acceptors (Lipinski definition) is 5. The second-order valence-electron chi connectivity index (χ2n) is 6.57. The molecule has 8 heteroatoms. The number of hydrogen-bond donors (Lipinski definition) is 1. The summed E-state index contributed by atoms with van der Waals surface area (Å²) in [5.41, 5.74) is 1.25. The number of carbonyl (C=O) groups is 1. The number of nitrogens with one attached hydrogen (secondary N) is 1. The van der Waals surface area contributed by atoms with Crippen LogP contribution in [0.5, 0.6) is 11.5 Å². The van der Waals surface area contributed by atoms with Crippen LogP contribution in [0.2, 0.25) is 0 Å². The molecule has 0 atom stereocenters. The first kappa shape index (κ1) is 19.1. The van der Waals surface area contributed by atoms with E-state index in [9.17, 15) is 13.2 Å². The lowest BCUT2D eigenvalue weighted by Crippen LogP contribution is -2.38. The summed E-state index contributed by atoms with van der Waals surface area (Å²) >= 11 is 0. The SMILES string of the molecule is COc1cccc(CNC(=O)CN2c3cccc4cccc(c34)S2(=O)=O)c1OC. The van der Waals surface area contributed by atoms with Gasteiger partial charge in [0, 0.05) is 17.5 Å².